The van der Waals surface area contributed by atoms with Gasteiger partial charge in [0.05, 0.1) is 23.1 Å². The fraction of sp³-hybridized carbons (Fsp3) is 0.0833. The van der Waals surface area contributed by atoms with E-state index in [9.17, 15) is 4.79 Å². The monoisotopic (exact) mass is 356 g/mol. The number of aromatic nitrogens is 2. The van der Waals surface area contributed by atoms with Gasteiger partial charge in [0, 0.05) is 0 Å². The second kappa shape index (κ2) is 5.76. The van der Waals surface area contributed by atoms with E-state index in [-0.39, 0.29) is 11.6 Å². The molecule has 0 unspecified atom stereocenters. The highest BCUT2D eigenvalue weighted by molar-refractivity contribution is 14.1. The molecule has 5 nitrogen and oxygen atoms in total. The maximum atomic E-state index is 11.3. The van der Waals surface area contributed by atoms with Crippen molar-refractivity contribution in [2.75, 3.05) is 7.11 Å². The smallest absolute Gasteiger partial charge is 0.358 e. The fourth-order valence-corrected chi connectivity index (χ4v) is 1.74. The van der Waals surface area contributed by atoms with Gasteiger partial charge in [-0.2, -0.15) is 0 Å². The Balaban J connectivity index is 2.25. The average molecular weight is 356 g/mol. The highest BCUT2D eigenvalue weighted by Crippen LogP contribution is 2.24. The Labute approximate surface area is 117 Å². The van der Waals surface area contributed by atoms with Gasteiger partial charge in [0.25, 0.3) is 0 Å². The van der Waals surface area contributed by atoms with E-state index in [1.54, 1.807) is 0 Å². The lowest BCUT2D eigenvalue weighted by molar-refractivity contribution is 0.0592. The minimum Gasteiger partial charge on any atom is -0.464 e. The molecule has 0 aliphatic carbocycles. The molecule has 0 bridgehead atoms. The van der Waals surface area contributed by atoms with Crippen LogP contribution in [0.25, 0.3) is 0 Å². The first kappa shape index (κ1) is 12.7. The van der Waals surface area contributed by atoms with Crippen LogP contribution in [-0.4, -0.2) is 23.0 Å². The van der Waals surface area contributed by atoms with E-state index in [0.29, 0.717) is 5.75 Å². The molecule has 1 aromatic heterocycles. The Hall–Kier alpha value is -1.70. The van der Waals surface area contributed by atoms with Gasteiger partial charge in [-0.05, 0) is 34.7 Å². The largest absolute Gasteiger partial charge is 0.464 e. The van der Waals surface area contributed by atoms with Crippen LogP contribution in [0.4, 0.5) is 0 Å². The van der Waals surface area contributed by atoms with Crippen molar-refractivity contribution in [3.05, 3.63) is 45.9 Å². The second-order valence-electron chi connectivity index (χ2n) is 3.27. The third-order valence-electron chi connectivity index (χ3n) is 2.06. The number of ether oxygens (including phenoxy) is 2. The van der Waals surface area contributed by atoms with Crippen LogP contribution < -0.4 is 4.74 Å². The average Bonchev–Trinajstić information content (AvgIpc) is 2.41. The summed E-state index contributed by atoms with van der Waals surface area (Å²) in [5.74, 6) is 0.368. The Morgan fingerprint density at radius 1 is 1.28 bits per heavy atom. The molecule has 2 aromatic rings. The van der Waals surface area contributed by atoms with Gasteiger partial charge in [0.2, 0.25) is 5.88 Å². The topological polar surface area (TPSA) is 61.3 Å². The normalized spacial score (nSPS) is 9.89. The van der Waals surface area contributed by atoms with Crippen molar-refractivity contribution in [2.45, 2.75) is 0 Å². The van der Waals surface area contributed by atoms with E-state index in [1.165, 1.54) is 19.5 Å². The molecule has 0 amide bonds. The van der Waals surface area contributed by atoms with E-state index >= 15 is 0 Å². The molecule has 0 aliphatic heterocycles. The summed E-state index contributed by atoms with van der Waals surface area (Å²) in [4.78, 5) is 19.2. The van der Waals surface area contributed by atoms with Crippen molar-refractivity contribution in [1.82, 2.24) is 9.97 Å². The lowest BCUT2D eigenvalue weighted by Gasteiger charge is -2.06. The maximum Gasteiger partial charge on any atom is 0.358 e. The molecule has 6 heteroatoms. The maximum absolute atomic E-state index is 11.3. The van der Waals surface area contributed by atoms with Gasteiger partial charge in [-0.3, -0.25) is 4.98 Å². The highest BCUT2D eigenvalue weighted by atomic mass is 127. The quantitative estimate of drug-likeness (QED) is 0.625. The molecular formula is C12H9IN2O3. The number of halogens is 1. The standard InChI is InChI=1S/C12H9IN2O3/c1-17-12(16)9-6-14-7-11(15-9)18-10-5-3-2-4-8(10)13/h2-7H,1H3. The van der Waals surface area contributed by atoms with Crippen molar-refractivity contribution in [2.24, 2.45) is 0 Å². The molecule has 2 rings (SSSR count). The van der Waals surface area contributed by atoms with Crippen LogP contribution >= 0.6 is 22.6 Å². The molecule has 0 fully saturated rings. The number of esters is 1. The number of nitrogens with zero attached hydrogens (tertiary/aromatic N) is 2. The van der Waals surface area contributed by atoms with Gasteiger partial charge in [-0.1, -0.05) is 12.1 Å². The summed E-state index contributed by atoms with van der Waals surface area (Å²) in [6.45, 7) is 0. The third kappa shape index (κ3) is 2.95. The van der Waals surface area contributed by atoms with Crippen molar-refractivity contribution < 1.29 is 14.3 Å². The predicted molar refractivity (Wildman–Crippen MR) is 72.6 cm³/mol. The second-order valence-corrected chi connectivity index (χ2v) is 4.43. The van der Waals surface area contributed by atoms with Gasteiger partial charge in [0.1, 0.15) is 5.75 Å². The molecule has 0 aliphatic rings. The number of benzene rings is 1. The van der Waals surface area contributed by atoms with Crippen LogP contribution in [0.5, 0.6) is 11.6 Å². The molecule has 1 aromatic carbocycles. The Morgan fingerprint density at radius 2 is 2.06 bits per heavy atom. The van der Waals surface area contributed by atoms with Crippen LogP contribution in [0, 0.1) is 3.57 Å². The summed E-state index contributed by atoms with van der Waals surface area (Å²) in [7, 11) is 1.29. The van der Waals surface area contributed by atoms with E-state index in [1.807, 2.05) is 24.3 Å². The summed E-state index contributed by atoms with van der Waals surface area (Å²) in [5.41, 5.74) is 0.112. The predicted octanol–water partition coefficient (Wildman–Crippen LogP) is 2.66. The number of para-hydroxylation sites is 1. The van der Waals surface area contributed by atoms with E-state index < -0.39 is 5.97 Å². The number of methoxy groups -OCH3 is 1. The van der Waals surface area contributed by atoms with Gasteiger partial charge < -0.3 is 9.47 Å². The zero-order chi connectivity index (χ0) is 13.0. The van der Waals surface area contributed by atoms with Crippen LogP contribution in [0.3, 0.4) is 0 Å². The molecule has 0 atom stereocenters. The number of hydrogen-bond acceptors (Lipinski definition) is 5. The molecule has 0 spiro atoms. The van der Waals surface area contributed by atoms with Crippen LogP contribution in [0.1, 0.15) is 10.5 Å². The van der Waals surface area contributed by atoms with Crippen molar-refractivity contribution in [1.29, 1.82) is 0 Å². The number of carbonyl (C=O) groups is 1. The molecular weight excluding hydrogens is 347 g/mol. The number of rotatable bonds is 3. The van der Waals surface area contributed by atoms with Gasteiger partial charge in [0.15, 0.2) is 5.69 Å². The summed E-state index contributed by atoms with van der Waals surface area (Å²) >= 11 is 2.15. The molecule has 1 heterocycles. The Morgan fingerprint density at radius 3 is 2.78 bits per heavy atom. The lowest BCUT2D eigenvalue weighted by Crippen LogP contribution is -2.05. The van der Waals surface area contributed by atoms with Crippen molar-refractivity contribution in [3.63, 3.8) is 0 Å². The molecule has 0 N–H and O–H groups in total. The fourth-order valence-electron chi connectivity index (χ4n) is 1.24. The van der Waals surface area contributed by atoms with Crippen molar-refractivity contribution in [3.8, 4) is 11.6 Å². The first-order valence-corrected chi connectivity index (χ1v) is 6.11. The van der Waals surface area contributed by atoms with Crippen molar-refractivity contribution >= 4 is 28.6 Å². The Bertz CT molecular complexity index is 575. The van der Waals surface area contributed by atoms with Gasteiger partial charge >= 0.3 is 5.97 Å². The van der Waals surface area contributed by atoms with E-state index in [2.05, 4.69) is 37.3 Å². The summed E-state index contributed by atoms with van der Waals surface area (Å²) in [5, 5.41) is 0. The first-order valence-electron chi connectivity index (χ1n) is 5.03. The summed E-state index contributed by atoms with van der Waals surface area (Å²) in [6, 6.07) is 7.49. The van der Waals surface area contributed by atoms with E-state index in [0.717, 1.165) is 3.57 Å². The third-order valence-corrected chi connectivity index (χ3v) is 2.95. The molecule has 0 radical (unpaired) electrons. The van der Waals surface area contributed by atoms with Crippen LogP contribution in [-0.2, 0) is 4.74 Å². The molecule has 0 saturated carbocycles. The molecule has 92 valence electrons. The first-order chi connectivity index (χ1) is 8.70. The minimum atomic E-state index is -0.546. The highest BCUT2D eigenvalue weighted by Gasteiger charge is 2.10. The van der Waals surface area contributed by atoms with Gasteiger partial charge in [-0.25, -0.2) is 9.78 Å². The Kier molecular flexibility index (Phi) is 4.08. The zero-order valence-electron chi connectivity index (χ0n) is 9.46. The van der Waals surface area contributed by atoms with E-state index in [4.69, 9.17) is 4.74 Å². The minimum absolute atomic E-state index is 0.112. The zero-order valence-corrected chi connectivity index (χ0v) is 11.6. The summed E-state index contributed by atoms with van der Waals surface area (Å²) < 4.78 is 11.1. The number of hydrogen-bond donors (Lipinski definition) is 0. The van der Waals surface area contributed by atoms with Crippen LogP contribution in [0.15, 0.2) is 36.7 Å². The SMILES string of the molecule is COC(=O)c1cncc(Oc2ccccc2I)n1. The molecule has 18 heavy (non-hydrogen) atoms. The number of carbonyl (C=O) groups excluding carboxylic acids is 1. The summed E-state index contributed by atoms with van der Waals surface area (Å²) in [6.07, 6.45) is 2.77. The molecule has 0 saturated heterocycles. The van der Waals surface area contributed by atoms with Gasteiger partial charge in [-0.15, -0.1) is 0 Å². The lowest BCUT2D eigenvalue weighted by atomic mass is 10.3. The van der Waals surface area contributed by atoms with Crippen LogP contribution in [0.2, 0.25) is 0 Å².